The third kappa shape index (κ3) is 4.17. The Morgan fingerprint density at radius 1 is 1.23 bits per heavy atom. The van der Waals surface area contributed by atoms with Crippen LogP contribution in [0.5, 0.6) is 5.75 Å². The zero-order valence-electron chi connectivity index (χ0n) is 17.7. The number of likely N-dealkylation sites (tertiary alicyclic amines) is 1. The first kappa shape index (κ1) is 20.4. The largest absolute Gasteiger partial charge is 0.490 e. The second-order valence-corrected chi connectivity index (χ2v) is 8.25. The number of fused-ring (bicyclic) bond motifs is 1. The van der Waals surface area contributed by atoms with Crippen LogP contribution in [0.2, 0.25) is 0 Å². The molecule has 2 atom stereocenters. The molecule has 1 fully saturated rings. The highest BCUT2D eigenvalue weighted by atomic mass is 16.5. The first-order valence-corrected chi connectivity index (χ1v) is 10.4. The molecule has 0 aliphatic carbocycles. The Balaban J connectivity index is 1.72. The summed E-state index contributed by atoms with van der Waals surface area (Å²) >= 11 is 0. The van der Waals surface area contributed by atoms with Gasteiger partial charge < -0.3 is 15.8 Å². The number of hydrogen-bond acceptors (Lipinski definition) is 5. The number of nitrogens with one attached hydrogen (secondary N) is 1. The fraction of sp³-hybridized carbons (Fsp3) is 0.391. The summed E-state index contributed by atoms with van der Waals surface area (Å²) in [5.41, 5.74) is 8.10. The van der Waals surface area contributed by atoms with Crippen molar-refractivity contribution in [3.8, 4) is 5.75 Å². The predicted octanol–water partition coefficient (Wildman–Crippen LogP) is 2.84. The lowest BCUT2D eigenvalue weighted by Gasteiger charge is -2.18. The van der Waals surface area contributed by atoms with Crippen molar-refractivity contribution in [2.75, 3.05) is 18.9 Å². The molecule has 2 heterocycles. The van der Waals surface area contributed by atoms with Crippen LogP contribution in [-0.4, -0.2) is 52.4 Å². The Kier molecular flexibility index (Phi) is 5.74. The van der Waals surface area contributed by atoms with E-state index in [0.29, 0.717) is 31.1 Å². The van der Waals surface area contributed by atoms with E-state index in [1.807, 2.05) is 66.9 Å². The average Bonchev–Trinajstić information content (AvgIpc) is 3.22. The number of anilines is 1. The van der Waals surface area contributed by atoms with Gasteiger partial charge in [-0.2, -0.15) is 5.10 Å². The molecule has 0 radical (unpaired) electrons. The van der Waals surface area contributed by atoms with Crippen LogP contribution >= 0.6 is 0 Å². The number of benzene rings is 2. The maximum absolute atomic E-state index is 13.0. The van der Waals surface area contributed by atoms with E-state index >= 15 is 0 Å². The molecule has 2 aromatic carbocycles. The molecule has 1 amide bonds. The number of aromatic nitrogens is 2. The summed E-state index contributed by atoms with van der Waals surface area (Å²) in [5, 5.41) is 8.63. The van der Waals surface area contributed by atoms with Crippen molar-refractivity contribution >= 4 is 22.6 Å². The van der Waals surface area contributed by atoms with Gasteiger partial charge in [-0.3, -0.25) is 14.4 Å². The molecule has 3 aromatic rings. The molecule has 1 aromatic heterocycles. The van der Waals surface area contributed by atoms with E-state index in [1.54, 1.807) is 0 Å². The molecule has 7 nitrogen and oxygen atoms in total. The molecule has 1 aliphatic rings. The summed E-state index contributed by atoms with van der Waals surface area (Å²) in [6, 6.07) is 15.8. The van der Waals surface area contributed by atoms with Crippen LogP contribution in [-0.2, 0) is 11.3 Å². The Morgan fingerprint density at radius 2 is 2.00 bits per heavy atom. The van der Waals surface area contributed by atoms with E-state index in [0.717, 1.165) is 16.5 Å². The lowest BCUT2D eigenvalue weighted by Crippen LogP contribution is -2.37. The predicted molar refractivity (Wildman–Crippen MR) is 119 cm³/mol. The van der Waals surface area contributed by atoms with E-state index in [1.165, 1.54) is 0 Å². The second-order valence-electron chi connectivity index (χ2n) is 8.25. The van der Waals surface area contributed by atoms with Crippen LogP contribution in [0.25, 0.3) is 10.9 Å². The van der Waals surface area contributed by atoms with Gasteiger partial charge in [-0.05, 0) is 45.0 Å². The van der Waals surface area contributed by atoms with Crippen LogP contribution in [0.1, 0.15) is 25.8 Å². The van der Waals surface area contributed by atoms with Gasteiger partial charge in [-0.25, -0.2) is 0 Å². The molecular formula is C23H29N5O2. The molecule has 0 bridgehead atoms. The molecule has 1 saturated heterocycles. The van der Waals surface area contributed by atoms with Crippen molar-refractivity contribution in [3.63, 3.8) is 0 Å². The summed E-state index contributed by atoms with van der Waals surface area (Å²) < 4.78 is 7.96. The molecule has 0 unspecified atom stereocenters. The molecule has 0 spiro atoms. The van der Waals surface area contributed by atoms with Crippen molar-refractivity contribution in [3.05, 3.63) is 54.1 Å². The molecule has 4 rings (SSSR count). The minimum atomic E-state index is -0.257. The molecule has 1 aliphatic heterocycles. The number of carbonyl (C=O) groups excluding carboxylic acids is 1. The van der Waals surface area contributed by atoms with Crippen molar-refractivity contribution in [1.82, 2.24) is 14.7 Å². The summed E-state index contributed by atoms with van der Waals surface area (Å²) in [6.45, 7) is 5.29. The maximum Gasteiger partial charge on any atom is 0.243 e. The van der Waals surface area contributed by atoms with E-state index in [9.17, 15) is 4.79 Å². The standard InChI is InChI=1S/C23H29N5O2/c1-15(2)30-20-11-7-10-18-21(20)22(25-23(29)19-12-17(24)14-27(19)3)26-28(18)13-16-8-5-4-6-9-16/h4-11,15,17,19H,12-14,24H2,1-3H3,(H,25,26,29)/t17-,19-/m0/s1. The van der Waals surface area contributed by atoms with Gasteiger partial charge >= 0.3 is 0 Å². The van der Waals surface area contributed by atoms with Gasteiger partial charge in [0.05, 0.1) is 29.6 Å². The number of hydrogen-bond donors (Lipinski definition) is 2. The van der Waals surface area contributed by atoms with Gasteiger partial charge in [0.15, 0.2) is 5.82 Å². The quantitative estimate of drug-likeness (QED) is 0.656. The van der Waals surface area contributed by atoms with Gasteiger partial charge in [0.25, 0.3) is 0 Å². The zero-order chi connectivity index (χ0) is 21.3. The number of likely N-dealkylation sites (N-methyl/N-ethyl adjacent to an activating group) is 1. The normalized spacial score (nSPS) is 19.5. The summed E-state index contributed by atoms with van der Waals surface area (Å²) in [4.78, 5) is 15.0. The Hall–Kier alpha value is -2.90. The number of carbonyl (C=O) groups is 1. The Bertz CT molecular complexity index is 1030. The van der Waals surface area contributed by atoms with E-state index < -0.39 is 0 Å². The molecule has 158 valence electrons. The maximum atomic E-state index is 13.0. The zero-order valence-corrected chi connectivity index (χ0v) is 17.7. The van der Waals surface area contributed by atoms with Crippen LogP contribution < -0.4 is 15.8 Å². The number of rotatable bonds is 6. The van der Waals surface area contributed by atoms with Gasteiger partial charge in [-0.15, -0.1) is 0 Å². The number of ether oxygens (including phenoxy) is 1. The minimum Gasteiger partial charge on any atom is -0.490 e. The van der Waals surface area contributed by atoms with Gasteiger partial charge in [0, 0.05) is 12.6 Å². The SMILES string of the molecule is CC(C)Oc1cccc2c1c(NC(=O)[C@@H]1C[C@H](N)CN1C)nn2Cc1ccccc1. The van der Waals surface area contributed by atoms with Gasteiger partial charge in [0.2, 0.25) is 5.91 Å². The molecular weight excluding hydrogens is 378 g/mol. The van der Waals surface area contributed by atoms with E-state index in [4.69, 9.17) is 15.6 Å². The number of amides is 1. The second kappa shape index (κ2) is 8.45. The van der Waals surface area contributed by atoms with Crippen LogP contribution in [0.3, 0.4) is 0 Å². The summed E-state index contributed by atoms with van der Waals surface area (Å²) in [5.74, 6) is 1.15. The van der Waals surface area contributed by atoms with Crippen molar-refractivity contribution < 1.29 is 9.53 Å². The van der Waals surface area contributed by atoms with Crippen molar-refractivity contribution in [1.29, 1.82) is 0 Å². The Morgan fingerprint density at radius 3 is 2.67 bits per heavy atom. The monoisotopic (exact) mass is 407 g/mol. The molecule has 3 N–H and O–H groups in total. The van der Waals surface area contributed by atoms with E-state index in [-0.39, 0.29) is 24.1 Å². The first-order chi connectivity index (χ1) is 14.4. The van der Waals surface area contributed by atoms with Gasteiger partial charge in [0.1, 0.15) is 5.75 Å². The summed E-state index contributed by atoms with van der Waals surface area (Å²) in [7, 11) is 1.93. The topological polar surface area (TPSA) is 85.4 Å². The summed E-state index contributed by atoms with van der Waals surface area (Å²) in [6.07, 6.45) is 0.649. The highest BCUT2D eigenvalue weighted by molar-refractivity contribution is 6.04. The van der Waals surface area contributed by atoms with Crippen molar-refractivity contribution in [2.45, 2.75) is 45.0 Å². The van der Waals surface area contributed by atoms with Crippen LogP contribution in [0.15, 0.2) is 48.5 Å². The lowest BCUT2D eigenvalue weighted by atomic mass is 10.1. The van der Waals surface area contributed by atoms with Gasteiger partial charge in [-0.1, -0.05) is 36.4 Å². The third-order valence-electron chi connectivity index (χ3n) is 5.40. The number of nitrogens with zero attached hydrogens (tertiary/aromatic N) is 3. The highest BCUT2D eigenvalue weighted by Crippen LogP contribution is 2.33. The fourth-order valence-electron chi connectivity index (χ4n) is 4.06. The first-order valence-electron chi connectivity index (χ1n) is 10.4. The fourth-order valence-corrected chi connectivity index (χ4v) is 4.06. The van der Waals surface area contributed by atoms with Crippen molar-refractivity contribution in [2.24, 2.45) is 5.73 Å². The smallest absolute Gasteiger partial charge is 0.243 e. The Labute approximate surface area is 176 Å². The number of nitrogens with two attached hydrogens (primary N) is 1. The third-order valence-corrected chi connectivity index (χ3v) is 5.40. The molecule has 7 heteroatoms. The van der Waals surface area contributed by atoms with Crippen LogP contribution in [0.4, 0.5) is 5.82 Å². The van der Waals surface area contributed by atoms with E-state index in [2.05, 4.69) is 17.4 Å². The lowest BCUT2D eigenvalue weighted by molar-refractivity contribution is -0.119. The molecule has 0 saturated carbocycles. The van der Waals surface area contributed by atoms with Crippen LogP contribution in [0, 0.1) is 0 Å². The minimum absolute atomic E-state index is 0.00980. The molecule has 30 heavy (non-hydrogen) atoms. The highest BCUT2D eigenvalue weighted by Gasteiger charge is 2.33. The average molecular weight is 408 g/mol.